The molecule has 0 fully saturated rings. The van der Waals surface area contributed by atoms with Crippen LogP contribution in [-0.2, 0) is 0 Å². The van der Waals surface area contributed by atoms with Crippen LogP contribution in [0.5, 0.6) is 5.75 Å². The maximum absolute atomic E-state index is 6.04. The Bertz CT molecular complexity index is 694. The second-order valence-electron chi connectivity index (χ2n) is 3.72. The van der Waals surface area contributed by atoms with Crippen molar-refractivity contribution >= 4 is 33.2 Å². The van der Waals surface area contributed by atoms with Gasteiger partial charge in [-0.3, -0.25) is 0 Å². The first-order valence-electron chi connectivity index (χ1n) is 5.32. The quantitative estimate of drug-likeness (QED) is 0.663. The molecule has 3 nitrogen and oxygen atoms in total. The van der Waals surface area contributed by atoms with Crippen molar-refractivity contribution < 1.29 is 4.74 Å². The van der Waals surface area contributed by atoms with Gasteiger partial charge in [-0.15, -0.1) is 11.3 Å². The smallest absolute Gasteiger partial charge is 0.141 e. The lowest BCUT2D eigenvalue weighted by molar-refractivity contribution is 0.415. The molecule has 0 spiro atoms. The number of ether oxygens (including phenoxy) is 1. The van der Waals surface area contributed by atoms with Gasteiger partial charge in [-0.25, -0.2) is 9.97 Å². The number of benzene rings is 1. The van der Waals surface area contributed by atoms with Crippen LogP contribution in [0.4, 0.5) is 0 Å². The van der Waals surface area contributed by atoms with E-state index < -0.39 is 0 Å². The summed E-state index contributed by atoms with van der Waals surface area (Å²) in [7, 11) is 1.66. The Morgan fingerprint density at radius 2 is 1.94 bits per heavy atom. The first kappa shape index (κ1) is 11.4. The molecule has 0 saturated heterocycles. The average Bonchev–Trinajstić information content (AvgIpc) is 2.84. The molecule has 2 heterocycles. The van der Waals surface area contributed by atoms with Crippen molar-refractivity contribution in [3.05, 3.63) is 41.8 Å². The molecule has 0 amide bonds. The van der Waals surface area contributed by atoms with Gasteiger partial charge in [0.25, 0.3) is 0 Å². The Labute approximate surface area is 113 Å². The second kappa shape index (κ2) is 4.55. The molecule has 0 atom stereocenters. The number of aromatic nitrogens is 2. The van der Waals surface area contributed by atoms with Crippen LogP contribution in [0.2, 0.25) is 5.15 Å². The van der Waals surface area contributed by atoms with Gasteiger partial charge < -0.3 is 4.74 Å². The number of hydrogen-bond acceptors (Lipinski definition) is 4. The van der Waals surface area contributed by atoms with E-state index in [4.69, 9.17) is 16.3 Å². The van der Waals surface area contributed by atoms with E-state index in [2.05, 4.69) is 9.97 Å². The molecule has 1 aromatic carbocycles. The monoisotopic (exact) mass is 276 g/mol. The van der Waals surface area contributed by atoms with Gasteiger partial charge in [0.05, 0.1) is 7.11 Å². The number of methoxy groups -OCH3 is 1. The third-order valence-electron chi connectivity index (χ3n) is 2.66. The van der Waals surface area contributed by atoms with Gasteiger partial charge >= 0.3 is 0 Å². The molecule has 0 radical (unpaired) electrons. The van der Waals surface area contributed by atoms with E-state index in [-0.39, 0.29) is 0 Å². The Morgan fingerprint density at radius 1 is 1.17 bits per heavy atom. The highest BCUT2D eigenvalue weighted by atomic mass is 35.5. The van der Waals surface area contributed by atoms with Crippen LogP contribution in [-0.4, -0.2) is 17.1 Å². The molecule has 0 N–H and O–H groups in total. The lowest BCUT2D eigenvalue weighted by atomic mass is 10.2. The summed E-state index contributed by atoms with van der Waals surface area (Å²) in [6.45, 7) is 0. The van der Waals surface area contributed by atoms with E-state index in [1.165, 1.54) is 6.33 Å². The molecule has 5 heteroatoms. The summed E-state index contributed by atoms with van der Waals surface area (Å²) < 4.78 is 5.14. The fraction of sp³-hybridized carbons (Fsp3) is 0.0769. The molecular weight excluding hydrogens is 268 g/mol. The van der Waals surface area contributed by atoms with E-state index in [1.54, 1.807) is 18.4 Å². The summed E-state index contributed by atoms with van der Waals surface area (Å²) in [6.07, 6.45) is 1.49. The maximum Gasteiger partial charge on any atom is 0.141 e. The summed E-state index contributed by atoms with van der Waals surface area (Å²) in [5.41, 5.74) is 1.12. The van der Waals surface area contributed by atoms with E-state index in [0.29, 0.717) is 5.15 Å². The number of hydrogen-bond donors (Lipinski definition) is 0. The zero-order valence-electron chi connectivity index (χ0n) is 9.55. The molecule has 3 aromatic rings. The average molecular weight is 277 g/mol. The minimum Gasteiger partial charge on any atom is -0.497 e. The lowest BCUT2D eigenvalue weighted by Crippen LogP contribution is -1.81. The Morgan fingerprint density at radius 3 is 2.61 bits per heavy atom. The highest BCUT2D eigenvalue weighted by Crippen LogP contribution is 2.35. The summed E-state index contributed by atoms with van der Waals surface area (Å²) in [5, 5.41) is 1.39. The van der Waals surface area contributed by atoms with Crippen molar-refractivity contribution in [1.82, 2.24) is 9.97 Å². The molecule has 0 saturated carbocycles. The molecule has 18 heavy (non-hydrogen) atoms. The summed E-state index contributed by atoms with van der Waals surface area (Å²) in [4.78, 5) is 10.2. The van der Waals surface area contributed by atoms with Gasteiger partial charge in [0.1, 0.15) is 22.1 Å². The lowest BCUT2D eigenvalue weighted by Gasteiger charge is -2.00. The largest absolute Gasteiger partial charge is 0.497 e. The van der Waals surface area contributed by atoms with Crippen LogP contribution < -0.4 is 4.74 Å². The Kier molecular flexibility index (Phi) is 2.89. The molecule has 90 valence electrons. The number of halogens is 1. The summed E-state index contributed by atoms with van der Waals surface area (Å²) in [5.74, 6) is 0.845. The first-order chi connectivity index (χ1) is 8.78. The molecule has 0 aliphatic carbocycles. The van der Waals surface area contributed by atoms with Gasteiger partial charge in [-0.1, -0.05) is 11.6 Å². The van der Waals surface area contributed by atoms with Crippen LogP contribution in [0.25, 0.3) is 20.7 Å². The van der Waals surface area contributed by atoms with E-state index in [9.17, 15) is 0 Å². The zero-order chi connectivity index (χ0) is 12.5. The normalized spacial score (nSPS) is 10.8. The van der Waals surface area contributed by atoms with Gasteiger partial charge in [0.15, 0.2) is 0 Å². The Hall–Kier alpha value is -1.65. The number of rotatable bonds is 2. The van der Waals surface area contributed by atoms with Gasteiger partial charge in [0, 0.05) is 10.3 Å². The maximum atomic E-state index is 6.04. The molecule has 0 aliphatic rings. The predicted molar refractivity (Wildman–Crippen MR) is 74.4 cm³/mol. The number of fused-ring (bicyclic) bond motifs is 1. The third-order valence-corrected chi connectivity index (χ3v) is 4.05. The highest BCUT2D eigenvalue weighted by molar-refractivity contribution is 7.21. The van der Waals surface area contributed by atoms with Crippen LogP contribution >= 0.6 is 22.9 Å². The van der Waals surface area contributed by atoms with E-state index in [0.717, 1.165) is 26.4 Å². The topological polar surface area (TPSA) is 35.0 Å². The van der Waals surface area contributed by atoms with Crippen molar-refractivity contribution in [2.75, 3.05) is 7.11 Å². The fourth-order valence-electron chi connectivity index (χ4n) is 1.72. The third kappa shape index (κ3) is 1.94. The minimum atomic E-state index is 0.496. The van der Waals surface area contributed by atoms with Crippen molar-refractivity contribution in [1.29, 1.82) is 0 Å². The molecule has 0 bridgehead atoms. The molecule has 0 unspecified atom stereocenters. The van der Waals surface area contributed by atoms with Crippen molar-refractivity contribution in [2.24, 2.45) is 0 Å². The number of thiophene rings is 1. The number of nitrogens with zero attached hydrogens (tertiary/aromatic N) is 2. The summed E-state index contributed by atoms with van der Waals surface area (Å²) in [6, 6.07) is 9.93. The van der Waals surface area contributed by atoms with Crippen molar-refractivity contribution in [3.63, 3.8) is 0 Å². The van der Waals surface area contributed by atoms with E-state index in [1.807, 2.05) is 30.3 Å². The second-order valence-corrected chi connectivity index (χ2v) is 5.11. The van der Waals surface area contributed by atoms with Crippen LogP contribution in [0.3, 0.4) is 0 Å². The van der Waals surface area contributed by atoms with E-state index >= 15 is 0 Å². The molecule has 2 aromatic heterocycles. The minimum absolute atomic E-state index is 0.496. The molecule has 0 aliphatic heterocycles. The predicted octanol–water partition coefficient (Wildman–Crippen LogP) is 4.02. The first-order valence-corrected chi connectivity index (χ1v) is 6.52. The molecule has 3 rings (SSSR count). The van der Waals surface area contributed by atoms with Crippen molar-refractivity contribution in [3.8, 4) is 16.2 Å². The van der Waals surface area contributed by atoms with Crippen LogP contribution in [0.15, 0.2) is 36.7 Å². The van der Waals surface area contributed by atoms with Gasteiger partial charge in [-0.2, -0.15) is 0 Å². The van der Waals surface area contributed by atoms with Crippen LogP contribution in [0.1, 0.15) is 0 Å². The SMILES string of the molecule is COc1ccc(-c2cc3c(Cl)ncnc3s2)cc1. The molecular formula is C13H9ClN2OS. The Balaban J connectivity index is 2.10. The highest BCUT2D eigenvalue weighted by Gasteiger charge is 2.08. The van der Waals surface area contributed by atoms with Crippen molar-refractivity contribution in [2.45, 2.75) is 0 Å². The van der Waals surface area contributed by atoms with Crippen LogP contribution in [0, 0.1) is 0 Å². The fourth-order valence-corrected chi connectivity index (χ4v) is 2.97. The standard InChI is InChI=1S/C13H9ClN2OS/c1-17-9-4-2-8(3-5-9)11-6-10-12(14)15-7-16-13(10)18-11/h2-7H,1H3. The van der Waals surface area contributed by atoms with Gasteiger partial charge in [0.2, 0.25) is 0 Å². The summed E-state index contributed by atoms with van der Waals surface area (Å²) >= 11 is 7.64. The zero-order valence-corrected chi connectivity index (χ0v) is 11.1. The van der Waals surface area contributed by atoms with Gasteiger partial charge in [-0.05, 0) is 35.9 Å².